The van der Waals surface area contributed by atoms with Crippen molar-refractivity contribution in [3.63, 3.8) is 0 Å². The van der Waals surface area contributed by atoms with Crippen LogP contribution in [0.3, 0.4) is 0 Å². The second-order valence-corrected chi connectivity index (χ2v) is 7.25. The smallest absolute Gasteiger partial charge is 0.486 e. The van der Waals surface area contributed by atoms with E-state index < -0.39 is 12.4 Å². The van der Waals surface area contributed by atoms with Gasteiger partial charge in [-0.2, -0.15) is 0 Å². The maximum absolute atomic E-state index is 13.4. The van der Waals surface area contributed by atoms with E-state index in [1.54, 1.807) is 24.3 Å². The first-order chi connectivity index (χ1) is 14.2. The number of hydrogen-bond acceptors (Lipinski definition) is 4. The highest BCUT2D eigenvalue weighted by Gasteiger charge is 2.44. The average Bonchev–Trinajstić information content (AvgIpc) is 3.11. The SMILES string of the molecule is CC(=O)N1C[C@@H]2C[C@H]1C(=O)N(Cc1ccc(OC(F)(F)F)cc1)c1ccccc1O2. The number of amides is 2. The van der Waals surface area contributed by atoms with Crippen molar-refractivity contribution in [2.75, 3.05) is 11.4 Å². The van der Waals surface area contributed by atoms with E-state index >= 15 is 0 Å². The van der Waals surface area contributed by atoms with Crippen LogP contribution in [0.4, 0.5) is 18.9 Å². The standard InChI is InChI=1S/C21H19F3N2O4/c1-13(27)25-12-16-10-18(25)20(28)26(17-4-2-3-5-19(17)29-16)11-14-6-8-15(9-7-14)30-21(22,23)24/h2-9,16,18H,10-12H2,1H3/t16-,18-/m0/s1. The van der Waals surface area contributed by atoms with Crippen LogP contribution in [0.1, 0.15) is 18.9 Å². The molecule has 0 aromatic heterocycles. The Morgan fingerprint density at radius 1 is 1.17 bits per heavy atom. The van der Waals surface area contributed by atoms with E-state index in [1.165, 1.54) is 41.0 Å². The molecule has 2 bridgehead atoms. The zero-order valence-electron chi connectivity index (χ0n) is 16.1. The predicted octanol–water partition coefficient (Wildman–Crippen LogP) is 3.50. The lowest BCUT2D eigenvalue weighted by molar-refractivity contribution is -0.274. The lowest BCUT2D eigenvalue weighted by Gasteiger charge is -2.31. The normalized spacial score (nSPS) is 20.9. The molecule has 2 aromatic rings. The van der Waals surface area contributed by atoms with Gasteiger partial charge in [0.05, 0.1) is 18.8 Å². The van der Waals surface area contributed by atoms with Crippen LogP contribution in [-0.4, -0.2) is 41.8 Å². The highest BCUT2D eigenvalue weighted by atomic mass is 19.4. The number of alkyl halides is 3. The van der Waals surface area contributed by atoms with Gasteiger partial charge in [-0.3, -0.25) is 9.59 Å². The molecule has 2 aliphatic heterocycles. The summed E-state index contributed by atoms with van der Waals surface area (Å²) in [6, 6.07) is 11.8. The minimum Gasteiger partial charge on any atom is -0.486 e. The van der Waals surface area contributed by atoms with Gasteiger partial charge >= 0.3 is 6.36 Å². The summed E-state index contributed by atoms with van der Waals surface area (Å²) in [4.78, 5) is 28.5. The first-order valence-corrected chi connectivity index (χ1v) is 9.40. The number of halogens is 3. The first kappa shape index (κ1) is 20.1. The largest absolute Gasteiger partial charge is 0.573 e. The Balaban J connectivity index is 1.65. The topological polar surface area (TPSA) is 59.1 Å². The van der Waals surface area contributed by atoms with Crippen molar-refractivity contribution in [3.05, 3.63) is 54.1 Å². The molecular formula is C21H19F3N2O4. The van der Waals surface area contributed by atoms with E-state index in [9.17, 15) is 22.8 Å². The Bertz CT molecular complexity index is 961. The second-order valence-electron chi connectivity index (χ2n) is 7.25. The third kappa shape index (κ3) is 4.05. The van der Waals surface area contributed by atoms with Gasteiger partial charge in [-0.15, -0.1) is 13.2 Å². The number of hydrogen-bond donors (Lipinski definition) is 0. The number of carbonyl (C=O) groups excluding carboxylic acids is 2. The van der Waals surface area contributed by atoms with Gasteiger partial charge in [0, 0.05) is 13.3 Å². The minimum atomic E-state index is -4.77. The fourth-order valence-electron chi connectivity index (χ4n) is 3.87. The van der Waals surface area contributed by atoms with Crippen molar-refractivity contribution >= 4 is 17.5 Å². The number of fused-ring (bicyclic) bond motifs is 3. The number of carbonyl (C=O) groups is 2. The molecule has 30 heavy (non-hydrogen) atoms. The van der Waals surface area contributed by atoms with Crippen molar-refractivity contribution in [1.82, 2.24) is 4.90 Å². The molecule has 0 unspecified atom stereocenters. The van der Waals surface area contributed by atoms with E-state index in [0.717, 1.165) is 0 Å². The molecular weight excluding hydrogens is 401 g/mol. The summed E-state index contributed by atoms with van der Waals surface area (Å²) >= 11 is 0. The molecule has 0 saturated carbocycles. The van der Waals surface area contributed by atoms with Crippen LogP contribution in [0.15, 0.2) is 48.5 Å². The molecule has 0 N–H and O–H groups in total. The van der Waals surface area contributed by atoms with Crippen molar-refractivity contribution in [2.24, 2.45) is 0 Å². The Kier molecular flexibility index (Phi) is 5.05. The second kappa shape index (κ2) is 7.55. The highest BCUT2D eigenvalue weighted by molar-refractivity contribution is 6.00. The van der Waals surface area contributed by atoms with Crippen LogP contribution in [0.2, 0.25) is 0 Å². The third-order valence-electron chi connectivity index (χ3n) is 5.17. The van der Waals surface area contributed by atoms with Crippen molar-refractivity contribution in [1.29, 1.82) is 0 Å². The Morgan fingerprint density at radius 2 is 1.87 bits per heavy atom. The average molecular weight is 420 g/mol. The Hall–Kier alpha value is -3.23. The monoisotopic (exact) mass is 420 g/mol. The first-order valence-electron chi connectivity index (χ1n) is 9.40. The summed E-state index contributed by atoms with van der Waals surface area (Å²) in [6.07, 6.45) is -4.65. The zero-order chi connectivity index (χ0) is 21.5. The molecule has 0 aliphatic carbocycles. The lowest BCUT2D eigenvalue weighted by Crippen LogP contribution is -2.47. The number of nitrogens with zero attached hydrogens (tertiary/aromatic N) is 2. The van der Waals surface area contributed by atoms with Crippen molar-refractivity contribution < 1.29 is 32.2 Å². The highest BCUT2D eigenvalue weighted by Crippen LogP contribution is 2.37. The number of likely N-dealkylation sites (tertiary alicyclic amines) is 1. The van der Waals surface area contributed by atoms with Crippen LogP contribution in [-0.2, 0) is 16.1 Å². The van der Waals surface area contributed by atoms with E-state index in [4.69, 9.17) is 4.74 Å². The fraction of sp³-hybridized carbons (Fsp3) is 0.333. The summed E-state index contributed by atoms with van der Waals surface area (Å²) in [7, 11) is 0. The van der Waals surface area contributed by atoms with Gasteiger partial charge in [-0.25, -0.2) is 0 Å². The molecule has 0 spiro atoms. The Morgan fingerprint density at radius 3 is 2.53 bits per heavy atom. The van der Waals surface area contributed by atoms with E-state index in [0.29, 0.717) is 30.0 Å². The van der Waals surface area contributed by atoms with Crippen LogP contribution < -0.4 is 14.4 Å². The van der Waals surface area contributed by atoms with Gasteiger partial charge in [-0.1, -0.05) is 24.3 Å². The number of anilines is 1. The summed E-state index contributed by atoms with van der Waals surface area (Å²) in [5.41, 5.74) is 1.16. The van der Waals surface area contributed by atoms with E-state index in [-0.39, 0.29) is 30.2 Å². The van der Waals surface area contributed by atoms with Gasteiger partial charge in [0.25, 0.3) is 0 Å². The molecule has 2 amide bonds. The number of rotatable bonds is 3. The van der Waals surface area contributed by atoms with E-state index in [1.807, 2.05) is 0 Å². The summed E-state index contributed by atoms with van der Waals surface area (Å²) in [5, 5.41) is 0. The Labute approximate surface area is 170 Å². The van der Waals surface area contributed by atoms with Crippen LogP contribution in [0, 0.1) is 0 Å². The molecule has 4 rings (SSSR count). The molecule has 1 fully saturated rings. The van der Waals surface area contributed by atoms with Crippen LogP contribution in [0.5, 0.6) is 11.5 Å². The molecule has 0 radical (unpaired) electrons. The van der Waals surface area contributed by atoms with Crippen molar-refractivity contribution in [3.8, 4) is 11.5 Å². The third-order valence-corrected chi connectivity index (χ3v) is 5.17. The fourth-order valence-corrected chi connectivity index (χ4v) is 3.87. The molecule has 2 atom stereocenters. The summed E-state index contributed by atoms with van der Waals surface area (Å²) in [6.45, 7) is 1.85. The minimum absolute atomic E-state index is 0.110. The molecule has 2 aromatic carbocycles. The van der Waals surface area contributed by atoms with Gasteiger partial charge in [0.2, 0.25) is 11.8 Å². The molecule has 2 aliphatic rings. The van der Waals surface area contributed by atoms with Crippen molar-refractivity contribution in [2.45, 2.75) is 38.4 Å². The zero-order valence-corrected chi connectivity index (χ0v) is 16.1. The molecule has 1 saturated heterocycles. The van der Waals surface area contributed by atoms with Gasteiger partial charge < -0.3 is 19.3 Å². The molecule has 2 heterocycles. The summed E-state index contributed by atoms with van der Waals surface area (Å²) < 4.78 is 47.1. The van der Waals surface area contributed by atoms with Gasteiger partial charge in [0.1, 0.15) is 23.6 Å². The maximum atomic E-state index is 13.4. The summed E-state index contributed by atoms with van der Waals surface area (Å²) in [5.74, 6) is -0.273. The number of benzene rings is 2. The molecule has 9 heteroatoms. The molecule has 6 nitrogen and oxygen atoms in total. The van der Waals surface area contributed by atoms with Crippen LogP contribution in [0.25, 0.3) is 0 Å². The number of para-hydroxylation sites is 2. The predicted molar refractivity (Wildman–Crippen MR) is 101 cm³/mol. The molecule has 158 valence electrons. The van der Waals surface area contributed by atoms with Crippen LogP contribution >= 0.6 is 0 Å². The number of ether oxygens (including phenoxy) is 2. The van der Waals surface area contributed by atoms with Gasteiger partial charge in [0.15, 0.2) is 0 Å². The maximum Gasteiger partial charge on any atom is 0.573 e. The van der Waals surface area contributed by atoms with Gasteiger partial charge in [-0.05, 0) is 29.8 Å². The lowest BCUT2D eigenvalue weighted by atomic mass is 10.1. The quantitative estimate of drug-likeness (QED) is 0.763. The van der Waals surface area contributed by atoms with E-state index in [2.05, 4.69) is 4.74 Å².